The lowest BCUT2D eigenvalue weighted by atomic mass is 10.1. The summed E-state index contributed by atoms with van der Waals surface area (Å²) in [5, 5.41) is 0.329. The molecule has 208 valence electrons. The van der Waals surface area contributed by atoms with Crippen LogP contribution < -0.4 is 4.74 Å². The molecule has 4 atom stereocenters. The molecule has 2 saturated heterocycles. The predicted molar refractivity (Wildman–Crippen MR) is 150 cm³/mol. The van der Waals surface area contributed by atoms with Crippen LogP contribution in [0.5, 0.6) is 5.88 Å². The summed E-state index contributed by atoms with van der Waals surface area (Å²) in [4.78, 5) is 4.17. The average molecular weight is 594 g/mol. The van der Waals surface area contributed by atoms with Gasteiger partial charge in [-0.25, -0.2) is 4.98 Å². The van der Waals surface area contributed by atoms with Gasteiger partial charge in [0.25, 0.3) is 0 Å². The Balaban J connectivity index is 1.55. The van der Waals surface area contributed by atoms with E-state index in [1.54, 1.807) is 10.6 Å². The first-order chi connectivity index (χ1) is 17.1. The van der Waals surface area contributed by atoms with Crippen LogP contribution >= 0.6 is 23.2 Å². The number of pyridine rings is 1. The molecule has 0 aromatic carbocycles. The molecule has 0 unspecified atom stereocenters. The molecule has 37 heavy (non-hydrogen) atoms. The van der Waals surface area contributed by atoms with Crippen molar-refractivity contribution < 1.29 is 27.8 Å². The van der Waals surface area contributed by atoms with Crippen molar-refractivity contribution in [3.05, 3.63) is 22.1 Å². The van der Waals surface area contributed by atoms with E-state index in [1.807, 2.05) is 0 Å². The SMILES string of the molecule is CC(C)(C)[Si](C)(C)O[C@@H]1CO[C@H]2[C@@H]1OC[C@H]2Oc1c(F)c2nc(Cl)c(Cl)cc2n1COCC[Si](C)(C)C. The van der Waals surface area contributed by atoms with Crippen LogP contribution in [0.4, 0.5) is 4.39 Å². The number of halogens is 3. The summed E-state index contributed by atoms with van der Waals surface area (Å²) in [7, 11) is -3.31. The van der Waals surface area contributed by atoms with Gasteiger partial charge in [-0.05, 0) is 30.2 Å². The Morgan fingerprint density at radius 1 is 1.08 bits per heavy atom. The predicted octanol–water partition coefficient (Wildman–Crippen LogP) is 6.73. The van der Waals surface area contributed by atoms with E-state index in [4.69, 9.17) is 46.6 Å². The first kappa shape index (κ1) is 29.3. The van der Waals surface area contributed by atoms with Crippen molar-refractivity contribution in [1.29, 1.82) is 0 Å². The highest BCUT2D eigenvalue weighted by Gasteiger charge is 2.52. The normalized spacial score (nSPS) is 24.7. The maximum Gasteiger partial charge on any atom is 0.235 e. The first-order valence-electron chi connectivity index (χ1n) is 12.8. The van der Waals surface area contributed by atoms with Gasteiger partial charge < -0.3 is 23.4 Å². The minimum Gasteiger partial charge on any atom is -0.468 e. The van der Waals surface area contributed by atoms with Gasteiger partial charge in [-0.15, -0.1) is 0 Å². The molecular weight excluding hydrogens is 554 g/mol. The van der Waals surface area contributed by atoms with E-state index < -0.39 is 28.3 Å². The van der Waals surface area contributed by atoms with Crippen molar-refractivity contribution in [2.24, 2.45) is 0 Å². The van der Waals surface area contributed by atoms with Crippen molar-refractivity contribution in [3.8, 4) is 5.88 Å². The molecular formula is C25H39Cl2FN2O5Si2. The minimum atomic E-state index is -2.02. The smallest absolute Gasteiger partial charge is 0.235 e. The number of rotatable bonds is 9. The van der Waals surface area contributed by atoms with Gasteiger partial charge in [-0.2, -0.15) is 4.39 Å². The van der Waals surface area contributed by atoms with E-state index in [0.29, 0.717) is 18.7 Å². The summed E-state index contributed by atoms with van der Waals surface area (Å²) in [5.41, 5.74) is 0.539. The lowest BCUT2D eigenvalue weighted by Gasteiger charge is -2.39. The van der Waals surface area contributed by atoms with Crippen molar-refractivity contribution in [1.82, 2.24) is 9.55 Å². The Bertz CT molecular complexity index is 1140. The van der Waals surface area contributed by atoms with E-state index in [0.717, 1.165) is 6.04 Å². The second-order valence-corrected chi connectivity index (χ2v) is 23.8. The molecule has 2 fully saturated rings. The van der Waals surface area contributed by atoms with E-state index in [-0.39, 0.29) is 58.3 Å². The van der Waals surface area contributed by atoms with E-state index >= 15 is 4.39 Å². The largest absolute Gasteiger partial charge is 0.468 e. The molecule has 2 aromatic heterocycles. The van der Waals surface area contributed by atoms with Gasteiger partial charge in [-0.1, -0.05) is 63.6 Å². The fourth-order valence-corrected chi connectivity index (χ4v) is 6.61. The molecule has 0 saturated carbocycles. The Hall–Kier alpha value is -0.726. The molecule has 0 spiro atoms. The van der Waals surface area contributed by atoms with Gasteiger partial charge in [0.1, 0.15) is 29.6 Å². The van der Waals surface area contributed by atoms with Crippen molar-refractivity contribution in [3.63, 3.8) is 0 Å². The fraction of sp³-hybridized carbons (Fsp3) is 0.720. The average Bonchev–Trinajstić information content (AvgIpc) is 3.41. The Kier molecular flexibility index (Phi) is 8.45. The number of nitrogens with zero attached hydrogens (tertiary/aromatic N) is 2. The van der Waals surface area contributed by atoms with Crippen LogP contribution in [0.25, 0.3) is 11.0 Å². The third kappa shape index (κ3) is 6.21. The van der Waals surface area contributed by atoms with Gasteiger partial charge >= 0.3 is 0 Å². The van der Waals surface area contributed by atoms with E-state index in [9.17, 15) is 0 Å². The third-order valence-corrected chi connectivity index (χ3v) is 14.4. The molecule has 4 rings (SSSR count). The molecule has 0 aliphatic carbocycles. The molecule has 12 heteroatoms. The molecule has 2 aliphatic rings. The summed E-state index contributed by atoms with van der Waals surface area (Å²) in [6, 6.07) is 2.58. The van der Waals surface area contributed by atoms with Gasteiger partial charge in [-0.3, -0.25) is 4.57 Å². The van der Waals surface area contributed by atoms with Crippen LogP contribution in [0.15, 0.2) is 6.07 Å². The summed E-state index contributed by atoms with van der Waals surface area (Å²) in [6.45, 7) is 19.2. The zero-order valence-corrected chi connectivity index (χ0v) is 26.5. The second-order valence-electron chi connectivity index (χ2n) is 12.7. The van der Waals surface area contributed by atoms with Crippen LogP contribution in [-0.4, -0.2) is 70.2 Å². The quantitative estimate of drug-likeness (QED) is 0.183. The minimum absolute atomic E-state index is 0.0143. The Labute approximate surface area is 231 Å². The Morgan fingerprint density at radius 2 is 1.70 bits per heavy atom. The lowest BCUT2D eigenvalue weighted by molar-refractivity contribution is 0.00724. The summed E-state index contributed by atoms with van der Waals surface area (Å²) in [6.07, 6.45) is -1.33. The molecule has 4 heterocycles. The van der Waals surface area contributed by atoms with E-state index in [1.165, 1.54) is 0 Å². The zero-order valence-electron chi connectivity index (χ0n) is 23.0. The van der Waals surface area contributed by atoms with E-state index in [2.05, 4.69) is 58.5 Å². The number of hydrogen-bond acceptors (Lipinski definition) is 6. The first-order valence-corrected chi connectivity index (χ1v) is 20.2. The standard InChI is InChI=1S/C25H39Cl2FN2O5Si2/c1-25(2,3)37(7,8)35-18-13-33-21-17(12-32-22(18)21)34-24-19(28)20-16(11-15(26)23(27)29-20)30(24)14-31-9-10-36(4,5)6/h11,17-18,21-22H,9-10,12-14H2,1-8H3/t17-,18-,21-,22-/m1/s1. The van der Waals surface area contributed by atoms with Crippen molar-refractivity contribution >= 4 is 50.6 Å². The summed E-state index contributed by atoms with van der Waals surface area (Å²) < 4.78 is 48.3. The summed E-state index contributed by atoms with van der Waals surface area (Å²) in [5.74, 6) is -0.599. The van der Waals surface area contributed by atoms with Crippen molar-refractivity contribution in [2.45, 2.75) is 95.7 Å². The lowest BCUT2D eigenvalue weighted by Crippen LogP contribution is -2.47. The van der Waals surface area contributed by atoms with Crippen LogP contribution in [0.2, 0.25) is 54.0 Å². The molecule has 7 nitrogen and oxygen atoms in total. The highest BCUT2D eigenvalue weighted by Crippen LogP contribution is 2.41. The zero-order chi connectivity index (χ0) is 27.3. The van der Waals surface area contributed by atoms with Crippen molar-refractivity contribution in [2.75, 3.05) is 19.8 Å². The second kappa shape index (κ2) is 10.7. The van der Waals surface area contributed by atoms with Gasteiger partial charge in [0.05, 0.1) is 29.9 Å². The number of ether oxygens (including phenoxy) is 4. The highest BCUT2D eigenvalue weighted by molar-refractivity contribution is 6.76. The van der Waals surface area contributed by atoms with Gasteiger partial charge in [0.2, 0.25) is 11.7 Å². The molecule has 2 aliphatic heterocycles. The Morgan fingerprint density at radius 3 is 2.32 bits per heavy atom. The van der Waals surface area contributed by atoms with Crippen LogP contribution in [0.3, 0.4) is 0 Å². The molecule has 0 bridgehead atoms. The van der Waals surface area contributed by atoms with Crippen LogP contribution in [-0.2, 0) is 25.4 Å². The maximum atomic E-state index is 15.7. The molecule has 2 aromatic rings. The molecule has 0 amide bonds. The molecule has 0 N–H and O–H groups in total. The van der Waals surface area contributed by atoms with Gasteiger partial charge in [0, 0.05) is 14.7 Å². The van der Waals surface area contributed by atoms with Gasteiger partial charge in [0.15, 0.2) is 14.4 Å². The fourth-order valence-electron chi connectivity index (χ4n) is 4.26. The molecule has 0 radical (unpaired) electrons. The monoisotopic (exact) mass is 592 g/mol. The van der Waals surface area contributed by atoms with Crippen LogP contribution in [0, 0.1) is 5.82 Å². The van der Waals surface area contributed by atoms with Crippen LogP contribution in [0.1, 0.15) is 20.8 Å². The topological polar surface area (TPSA) is 64.0 Å². The summed E-state index contributed by atoms with van der Waals surface area (Å²) >= 11 is 12.3. The highest BCUT2D eigenvalue weighted by atomic mass is 35.5. The number of hydrogen-bond donors (Lipinski definition) is 0. The maximum absolute atomic E-state index is 15.7. The third-order valence-electron chi connectivity index (χ3n) is 7.54. The number of aromatic nitrogens is 2. The number of fused-ring (bicyclic) bond motifs is 2.